The van der Waals surface area contributed by atoms with Crippen molar-refractivity contribution in [2.75, 3.05) is 26.2 Å². The van der Waals surface area contributed by atoms with Gasteiger partial charge in [-0.25, -0.2) is 4.39 Å². The number of rotatable bonds is 3. The summed E-state index contributed by atoms with van der Waals surface area (Å²) in [6.07, 6.45) is 0. The van der Waals surface area contributed by atoms with E-state index in [2.05, 4.69) is 22.4 Å². The zero-order valence-electron chi connectivity index (χ0n) is 14.0. The zero-order chi connectivity index (χ0) is 17.4. The molecule has 4 nitrogen and oxygen atoms in total. The summed E-state index contributed by atoms with van der Waals surface area (Å²) in [6, 6.07) is 8.55. The normalized spacial score (nSPS) is 15.8. The monoisotopic (exact) mass is 358 g/mol. The molecular formula is C19H19FN2O2S. The molecule has 25 heavy (non-hydrogen) atoms. The number of carbonyl (C=O) groups excluding carboxylic acids is 1. The molecule has 1 aliphatic heterocycles. The van der Waals surface area contributed by atoms with Crippen LogP contribution >= 0.6 is 11.3 Å². The summed E-state index contributed by atoms with van der Waals surface area (Å²) in [5.74, 6) is -0.102. The third-order valence-electron chi connectivity index (χ3n) is 4.71. The lowest BCUT2D eigenvalue weighted by atomic mass is 10.1. The Bertz CT molecular complexity index is 896. The minimum atomic E-state index is -0.322. The SMILES string of the molecule is Cc1c(C(=O)N2CCN(Cc3cccs3)CC2)oc2ccc(F)cc12. The molecule has 3 aromatic rings. The van der Waals surface area contributed by atoms with E-state index in [4.69, 9.17) is 4.42 Å². The minimum absolute atomic E-state index is 0.107. The predicted octanol–water partition coefficient (Wildman–Crippen LogP) is 3.90. The zero-order valence-corrected chi connectivity index (χ0v) is 14.8. The van der Waals surface area contributed by atoms with Gasteiger partial charge in [-0.3, -0.25) is 9.69 Å². The third-order valence-corrected chi connectivity index (χ3v) is 5.57. The van der Waals surface area contributed by atoms with Gasteiger partial charge in [0.05, 0.1) is 0 Å². The first-order valence-corrected chi connectivity index (χ1v) is 9.22. The van der Waals surface area contributed by atoms with E-state index in [-0.39, 0.29) is 11.7 Å². The fraction of sp³-hybridized carbons (Fsp3) is 0.316. The quantitative estimate of drug-likeness (QED) is 0.712. The molecule has 0 bridgehead atoms. The maximum absolute atomic E-state index is 13.4. The Labute approximate surface area is 149 Å². The van der Waals surface area contributed by atoms with Gasteiger partial charge in [-0.05, 0) is 36.6 Å². The van der Waals surface area contributed by atoms with E-state index in [0.717, 1.165) is 19.6 Å². The first kappa shape index (κ1) is 16.3. The lowest BCUT2D eigenvalue weighted by Gasteiger charge is -2.34. The summed E-state index contributed by atoms with van der Waals surface area (Å²) in [4.78, 5) is 18.3. The lowest BCUT2D eigenvalue weighted by Crippen LogP contribution is -2.48. The van der Waals surface area contributed by atoms with E-state index in [9.17, 15) is 9.18 Å². The number of furan rings is 1. The lowest BCUT2D eigenvalue weighted by molar-refractivity contribution is 0.0600. The highest BCUT2D eigenvalue weighted by Gasteiger charge is 2.26. The van der Waals surface area contributed by atoms with Crippen LogP contribution in [-0.2, 0) is 6.54 Å². The topological polar surface area (TPSA) is 36.7 Å². The number of fused-ring (bicyclic) bond motifs is 1. The summed E-state index contributed by atoms with van der Waals surface area (Å²) in [6.45, 7) is 5.79. The first-order valence-electron chi connectivity index (χ1n) is 8.34. The van der Waals surface area contributed by atoms with Gasteiger partial charge in [-0.15, -0.1) is 11.3 Å². The van der Waals surface area contributed by atoms with Crippen molar-refractivity contribution in [2.24, 2.45) is 0 Å². The Balaban J connectivity index is 1.46. The van der Waals surface area contributed by atoms with Crippen LogP contribution in [0.1, 0.15) is 21.0 Å². The van der Waals surface area contributed by atoms with Gasteiger partial charge in [-0.1, -0.05) is 6.07 Å². The van der Waals surface area contributed by atoms with Crippen molar-refractivity contribution in [2.45, 2.75) is 13.5 Å². The van der Waals surface area contributed by atoms with Gasteiger partial charge in [-0.2, -0.15) is 0 Å². The Hall–Kier alpha value is -2.18. The minimum Gasteiger partial charge on any atom is -0.451 e. The Kier molecular flexibility index (Phi) is 4.31. The molecular weight excluding hydrogens is 339 g/mol. The van der Waals surface area contributed by atoms with Gasteiger partial charge in [0.2, 0.25) is 0 Å². The predicted molar refractivity (Wildman–Crippen MR) is 96.4 cm³/mol. The number of aryl methyl sites for hydroxylation is 1. The molecule has 3 heterocycles. The van der Waals surface area contributed by atoms with E-state index in [1.165, 1.54) is 17.0 Å². The van der Waals surface area contributed by atoms with Crippen LogP contribution in [0.15, 0.2) is 40.1 Å². The molecule has 0 spiro atoms. The fourth-order valence-corrected chi connectivity index (χ4v) is 4.02. The largest absolute Gasteiger partial charge is 0.451 e. The molecule has 0 radical (unpaired) electrons. The van der Waals surface area contributed by atoms with Gasteiger partial charge in [0.1, 0.15) is 11.4 Å². The van der Waals surface area contributed by atoms with Gasteiger partial charge < -0.3 is 9.32 Å². The number of amides is 1. The third kappa shape index (κ3) is 3.19. The maximum atomic E-state index is 13.4. The number of piperazine rings is 1. The van der Waals surface area contributed by atoms with Crippen molar-refractivity contribution in [3.63, 3.8) is 0 Å². The van der Waals surface area contributed by atoms with E-state index >= 15 is 0 Å². The van der Waals surface area contributed by atoms with Gasteiger partial charge in [0.25, 0.3) is 5.91 Å². The average Bonchev–Trinajstić information content (AvgIpc) is 3.23. The van der Waals surface area contributed by atoms with Crippen LogP contribution in [-0.4, -0.2) is 41.9 Å². The van der Waals surface area contributed by atoms with Crippen LogP contribution in [0.3, 0.4) is 0 Å². The van der Waals surface area contributed by atoms with Crippen molar-refractivity contribution in [3.05, 3.63) is 57.7 Å². The van der Waals surface area contributed by atoms with Gasteiger partial charge in [0, 0.05) is 48.6 Å². The van der Waals surface area contributed by atoms with E-state index in [0.29, 0.717) is 35.4 Å². The molecule has 0 atom stereocenters. The summed E-state index contributed by atoms with van der Waals surface area (Å²) < 4.78 is 19.1. The molecule has 130 valence electrons. The first-order chi connectivity index (χ1) is 12.1. The standard InChI is InChI=1S/C19H19FN2O2S/c1-13-16-11-14(20)4-5-17(16)24-18(13)19(23)22-8-6-21(7-9-22)12-15-3-2-10-25-15/h2-5,10-11H,6-9,12H2,1H3. The fourth-order valence-electron chi connectivity index (χ4n) is 3.27. The van der Waals surface area contributed by atoms with Gasteiger partial charge >= 0.3 is 0 Å². The van der Waals surface area contributed by atoms with Crippen molar-refractivity contribution < 1.29 is 13.6 Å². The molecule has 0 unspecified atom stereocenters. The maximum Gasteiger partial charge on any atom is 0.289 e. The molecule has 0 aliphatic carbocycles. The second-order valence-electron chi connectivity index (χ2n) is 6.34. The van der Waals surface area contributed by atoms with Crippen LogP contribution in [0.5, 0.6) is 0 Å². The highest BCUT2D eigenvalue weighted by atomic mass is 32.1. The van der Waals surface area contributed by atoms with Crippen LogP contribution in [0.2, 0.25) is 0 Å². The number of hydrogen-bond acceptors (Lipinski definition) is 4. The van der Waals surface area contributed by atoms with Crippen LogP contribution in [0.4, 0.5) is 4.39 Å². The molecule has 0 saturated carbocycles. The van der Waals surface area contributed by atoms with Crippen molar-refractivity contribution >= 4 is 28.2 Å². The molecule has 1 aromatic carbocycles. The number of thiophene rings is 1. The molecule has 4 rings (SSSR count). The number of hydrogen-bond donors (Lipinski definition) is 0. The highest BCUT2D eigenvalue weighted by molar-refractivity contribution is 7.09. The Morgan fingerprint density at radius 2 is 2.04 bits per heavy atom. The smallest absolute Gasteiger partial charge is 0.289 e. The molecule has 6 heteroatoms. The molecule has 1 aliphatic rings. The molecule has 2 aromatic heterocycles. The molecule has 0 N–H and O–H groups in total. The molecule has 1 fully saturated rings. The Morgan fingerprint density at radius 1 is 1.24 bits per heavy atom. The summed E-state index contributed by atoms with van der Waals surface area (Å²) >= 11 is 1.76. The number of benzene rings is 1. The van der Waals surface area contributed by atoms with Crippen molar-refractivity contribution in [1.82, 2.24) is 9.80 Å². The second-order valence-corrected chi connectivity index (χ2v) is 7.38. The summed E-state index contributed by atoms with van der Waals surface area (Å²) in [5.41, 5.74) is 1.26. The highest BCUT2D eigenvalue weighted by Crippen LogP contribution is 2.27. The van der Waals surface area contributed by atoms with E-state index in [1.54, 1.807) is 17.4 Å². The van der Waals surface area contributed by atoms with Crippen LogP contribution < -0.4 is 0 Å². The van der Waals surface area contributed by atoms with Gasteiger partial charge in [0.15, 0.2) is 5.76 Å². The summed E-state index contributed by atoms with van der Waals surface area (Å²) in [7, 11) is 0. The molecule has 1 amide bonds. The molecule has 1 saturated heterocycles. The number of nitrogens with zero attached hydrogens (tertiary/aromatic N) is 2. The van der Waals surface area contributed by atoms with Crippen LogP contribution in [0.25, 0.3) is 11.0 Å². The van der Waals surface area contributed by atoms with Crippen LogP contribution in [0, 0.1) is 12.7 Å². The average molecular weight is 358 g/mol. The summed E-state index contributed by atoms with van der Waals surface area (Å²) in [5, 5.41) is 2.75. The second kappa shape index (κ2) is 6.61. The van der Waals surface area contributed by atoms with E-state index in [1.807, 2.05) is 11.8 Å². The number of halogens is 1. The van der Waals surface area contributed by atoms with Crippen molar-refractivity contribution in [3.8, 4) is 0 Å². The number of carbonyl (C=O) groups is 1. The van der Waals surface area contributed by atoms with Crippen molar-refractivity contribution in [1.29, 1.82) is 0 Å². The van der Waals surface area contributed by atoms with E-state index < -0.39 is 0 Å². The Morgan fingerprint density at radius 3 is 2.76 bits per heavy atom.